The molecule has 0 radical (unpaired) electrons. The molecule has 0 aliphatic carbocycles. The molecule has 0 saturated carbocycles. The van der Waals surface area contributed by atoms with Crippen LogP contribution in [0.4, 0.5) is 4.39 Å². The highest BCUT2D eigenvalue weighted by molar-refractivity contribution is 7.99. The first-order valence-corrected chi connectivity index (χ1v) is 6.20. The third-order valence-electron chi connectivity index (χ3n) is 2.34. The molecular formula is C13H13FN2S. The highest BCUT2D eigenvalue weighted by Gasteiger charge is 2.11. The number of thioether (sulfide) groups is 1. The Labute approximate surface area is 104 Å². The minimum Gasteiger partial charge on any atom is -0.329 e. The Morgan fingerprint density at radius 1 is 1.29 bits per heavy atom. The van der Waals surface area contributed by atoms with Gasteiger partial charge in [-0.2, -0.15) is 0 Å². The van der Waals surface area contributed by atoms with E-state index in [2.05, 4.69) is 4.98 Å². The van der Waals surface area contributed by atoms with E-state index in [0.717, 1.165) is 10.5 Å². The van der Waals surface area contributed by atoms with Gasteiger partial charge in [-0.1, -0.05) is 12.1 Å². The maximum absolute atomic E-state index is 13.1. The highest BCUT2D eigenvalue weighted by atomic mass is 32.2. The molecule has 88 valence electrons. The van der Waals surface area contributed by atoms with Gasteiger partial charge in [-0.25, -0.2) is 4.39 Å². The lowest BCUT2D eigenvalue weighted by Crippen LogP contribution is -2.09. The lowest BCUT2D eigenvalue weighted by atomic mass is 10.2. The summed E-state index contributed by atoms with van der Waals surface area (Å²) in [5.41, 5.74) is 6.81. The zero-order valence-electron chi connectivity index (χ0n) is 9.21. The summed E-state index contributed by atoms with van der Waals surface area (Å²) in [5.74, 6) is -0.225. The molecule has 0 bridgehead atoms. The Kier molecular flexibility index (Phi) is 4.12. The summed E-state index contributed by atoms with van der Waals surface area (Å²) in [6.07, 6.45) is 3.52. The molecule has 0 saturated heterocycles. The average molecular weight is 248 g/mol. The van der Waals surface area contributed by atoms with Crippen LogP contribution in [0.1, 0.15) is 10.8 Å². The summed E-state index contributed by atoms with van der Waals surface area (Å²) in [6.45, 7) is 0.493. The molecular weight excluding hydrogens is 235 g/mol. The Morgan fingerprint density at radius 3 is 2.82 bits per heavy atom. The van der Waals surface area contributed by atoms with Crippen LogP contribution in [0.5, 0.6) is 0 Å². The largest absolute Gasteiger partial charge is 0.329 e. The van der Waals surface area contributed by atoms with Crippen LogP contribution in [0.2, 0.25) is 0 Å². The Morgan fingerprint density at radius 2 is 2.18 bits per heavy atom. The number of rotatable bonds is 4. The second-order valence-corrected chi connectivity index (χ2v) is 4.86. The molecule has 1 heterocycles. The maximum atomic E-state index is 13.1. The normalized spacial score (nSPS) is 12.4. The van der Waals surface area contributed by atoms with Crippen molar-refractivity contribution in [2.24, 2.45) is 5.73 Å². The molecule has 0 spiro atoms. The molecule has 0 aliphatic heterocycles. The molecule has 17 heavy (non-hydrogen) atoms. The quantitative estimate of drug-likeness (QED) is 0.845. The summed E-state index contributed by atoms with van der Waals surface area (Å²) in [6, 6.07) is 10.4. The van der Waals surface area contributed by atoms with Crippen LogP contribution in [0.25, 0.3) is 0 Å². The van der Waals surface area contributed by atoms with Crippen molar-refractivity contribution in [3.05, 3.63) is 60.2 Å². The van der Waals surface area contributed by atoms with Crippen molar-refractivity contribution >= 4 is 11.8 Å². The number of hydrogen-bond donors (Lipinski definition) is 1. The van der Waals surface area contributed by atoms with Crippen molar-refractivity contribution < 1.29 is 4.39 Å². The second-order valence-electron chi connectivity index (χ2n) is 3.59. The van der Waals surface area contributed by atoms with E-state index in [1.54, 1.807) is 30.2 Å². The number of halogens is 1. The van der Waals surface area contributed by atoms with E-state index >= 15 is 0 Å². The van der Waals surface area contributed by atoms with E-state index in [9.17, 15) is 4.39 Å². The first-order valence-electron chi connectivity index (χ1n) is 5.32. The monoisotopic (exact) mass is 248 g/mol. The molecule has 1 atom stereocenters. The van der Waals surface area contributed by atoms with Gasteiger partial charge in [0.15, 0.2) is 0 Å². The Bertz CT molecular complexity index is 476. The van der Waals surface area contributed by atoms with E-state index < -0.39 is 0 Å². The summed E-state index contributed by atoms with van der Waals surface area (Å²) in [4.78, 5) is 4.95. The van der Waals surface area contributed by atoms with Gasteiger partial charge in [0, 0.05) is 29.1 Å². The van der Waals surface area contributed by atoms with Crippen molar-refractivity contribution in [2.45, 2.75) is 10.1 Å². The fraction of sp³-hybridized carbons (Fsp3) is 0.154. The predicted molar refractivity (Wildman–Crippen MR) is 68.3 cm³/mol. The summed E-state index contributed by atoms with van der Waals surface area (Å²) in [7, 11) is 0. The van der Waals surface area contributed by atoms with Gasteiger partial charge in [0.05, 0.1) is 0 Å². The molecule has 4 heteroatoms. The lowest BCUT2D eigenvalue weighted by molar-refractivity contribution is 0.624. The molecule has 1 aromatic heterocycles. The van der Waals surface area contributed by atoms with Crippen molar-refractivity contribution in [1.82, 2.24) is 4.98 Å². The van der Waals surface area contributed by atoms with Crippen molar-refractivity contribution in [2.75, 3.05) is 6.54 Å². The molecule has 1 unspecified atom stereocenters. The minimum atomic E-state index is -0.225. The third-order valence-corrected chi connectivity index (χ3v) is 3.62. The smallest absolute Gasteiger partial charge is 0.124 e. The third kappa shape index (κ3) is 3.28. The Hall–Kier alpha value is -1.39. The van der Waals surface area contributed by atoms with Gasteiger partial charge in [-0.3, -0.25) is 4.98 Å². The summed E-state index contributed by atoms with van der Waals surface area (Å²) in [5, 5.41) is 0.102. The molecule has 0 amide bonds. The maximum Gasteiger partial charge on any atom is 0.124 e. The first-order chi connectivity index (χ1) is 8.29. The number of nitrogens with two attached hydrogens (primary N) is 1. The van der Waals surface area contributed by atoms with Gasteiger partial charge in [0.25, 0.3) is 0 Å². The molecule has 2 N–H and O–H groups in total. The van der Waals surface area contributed by atoms with E-state index in [-0.39, 0.29) is 11.1 Å². The van der Waals surface area contributed by atoms with Gasteiger partial charge in [0.1, 0.15) is 5.82 Å². The lowest BCUT2D eigenvalue weighted by Gasteiger charge is -2.14. The molecule has 0 fully saturated rings. The zero-order chi connectivity index (χ0) is 12.1. The molecule has 1 aromatic carbocycles. The van der Waals surface area contributed by atoms with Gasteiger partial charge < -0.3 is 5.73 Å². The molecule has 2 rings (SSSR count). The second kappa shape index (κ2) is 5.80. The van der Waals surface area contributed by atoms with Gasteiger partial charge in [0.2, 0.25) is 0 Å². The van der Waals surface area contributed by atoms with E-state index in [1.807, 2.05) is 18.2 Å². The van der Waals surface area contributed by atoms with E-state index in [0.29, 0.717) is 6.54 Å². The van der Waals surface area contributed by atoms with Crippen LogP contribution in [-0.4, -0.2) is 11.5 Å². The van der Waals surface area contributed by atoms with Crippen molar-refractivity contribution in [3.8, 4) is 0 Å². The van der Waals surface area contributed by atoms with Gasteiger partial charge in [-0.05, 0) is 29.8 Å². The summed E-state index contributed by atoms with van der Waals surface area (Å²) >= 11 is 1.55. The van der Waals surface area contributed by atoms with Crippen LogP contribution in [0, 0.1) is 5.82 Å². The van der Waals surface area contributed by atoms with Crippen LogP contribution >= 0.6 is 11.8 Å². The van der Waals surface area contributed by atoms with Crippen LogP contribution < -0.4 is 5.73 Å². The fourth-order valence-corrected chi connectivity index (χ4v) is 2.56. The van der Waals surface area contributed by atoms with Crippen LogP contribution in [0.15, 0.2) is 53.7 Å². The Balaban J connectivity index is 2.16. The first kappa shape index (κ1) is 12.1. The molecule has 0 aliphatic rings. The number of aromatic nitrogens is 1. The number of hydrogen-bond acceptors (Lipinski definition) is 3. The standard InChI is InChI=1S/C13H13FN2S/c14-11-4-1-5-12(7-11)17-13(8-15)10-3-2-6-16-9-10/h1-7,9,13H,8,15H2. The van der Waals surface area contributed by atoms with Crippen LogP contribution in [0.3, 0.4) is 0 Å². The van der Waals surface area contributed by atoms with Crippen LogP contribution in [-0.2, 0) is 0 Å². The SMILES string of the molecule is NCC(Sc1cccc(F)c1)c1cccnc1. The fourth-order valence-electron chi connectivity index (χ4n) is 1.52. The number of nitrogens with zero attached hydrogens (tertiary/aromatic N) is 1. The predicted octanol–water partition coefficient (Wildman–Crippen LogP) is 3.01. The van der Waals surface area contributed by atoms with E-state index in [1.165, 1.54) is 12.1 Å². The van der Waals surface area contributed by atoms with Gasteiger partial charge >= 0.3 is 0 Å². The molecule has 2 nitrogen and oxygen atoms in total. The van der Waals surface area contributed by atoms with E-state index in [4.69, 9.17) is 5.73 Å². The average Bonchev–Trinajstić information content (AvgIpc) is 2.37. The minimum absolute atomic E-state index is 0.102. The number of benzene rings is 1. The van der Waals surface area contributed by atoms with Crippen molar-refractivity contribution in [3.63, 3.8) is 0 Å². The summed E-state index contributed by atoms with van der Waals surface area (Å²) < 4.78 is 13.1. The van der Waals surface area contributed by atoms with Gasteiger partial charge in [-0.15, -0.1) is 11.8 Å². The topological polar surface area (TPSA) is 38.9 Å². The molecule has 2 aromatic rings. The highest BCUT2D eigenvalue weighted by Crippen LogP contribution is 2.34. The number of pyridine rings is 1. The van der Waals surface area contributed by atoms with Crippen molar-refractivity contribution in [1.29, 1.82) is 0 Å². The zero-order valence-corrected chi connectivity index (χ0v) is 10.0.